The highest BCUT2D eigenvalue weighted by molar-refractivity contribution is 5.26. The van der Waals surface area contributed by atoms with E-state index in [4.69, 9.17) is 5.73 Å². The highest BCUT2D eigenvalue weighted by Crippen LogP contribution is 2.34. The Morgan fingerprint density at radius 2 is 1.72 bits per heavy atom. The third kappa shape index (κ3) is 2.60. The minimum Gasteiger partial charge on any atom is -0.326 e. The molecule has 0 spiro atoms. The Labute approximate surface area is 110 Å². The van der Waals surface area contributed by atoms with Crippen LogP contribution < -0.4 is 5.73 Å². The Kier molecular flexibility index (Phi) is 3.67. The van der Waals surface area contributed by atoms with Crippen LogP contribution in [0, 0.1) is 11.8 Å². The largest absolute Gasteiger partial charge is 0.326 e. The number of nitrogens with two attached hydrogens (primary N) is 1. The van der Waals surface area contributed by atoms with Gasteiger partial charge in [0.25, 0.3) is 0 Å². The van der Waals surface area contributed by atoms with Gasteiger partial charge in [0.05, 0.1) is 0 Å². The fourth-order valence-electron chi connectivity index (χ4n) is 3.82. The van der Waals surface area contributed by atoms with Crippen molar-refractivity contribution in [3.05, 3.63) is 35.4 Å². The highest BCUT2D eigenvalue weighted by Gasteiger charge is 2.30. The molecule has 1 heterocycles. The van der Waals surface area contributed by atoms with E-state index in [9.17, 15) is 0 Å². The topological polar surface area (TPSA) is 29.3 Å². The molecule has 0 aromatic heterocycles. The molecule has 2 bridgehead atoms. The van der Waals surface area contributed by atoms with Crippen LogP contribution in [0.15, 0.2) is 24.3 Å². The van der Waals surface area contributed by atoms with Gasteiger partial charge in [-0.05, 0) is 42.2 Å². The van der Waals surface area contributed by atoms with Crippen molar-refractivity contribution in [2.24, 2.45) is 17.6 Å². The zero-order valence-electron chi connectivity index (χ0n) is 11.1. The second kappa shape index (κ2) is 5.41. The summed E-state index contributed by atoms with van der Waals surface area (Å²) >= 11 is 0. The maximum absolute atomic E-state index is 5.83. The minimum atomic E-state index is 0.664. The van der Waals surface area contributed by atoms with Crippen molar-refractivity contribution in [1.29, 1.82) is 0 Å². The van der Waals surface area contributed by atoms with E-state index in [2.05, 4.69) is 29.2 Å². The molecule has 1 saturated carbocycles. The summed E-state index contributed by atoms with van der Waals surface area (Å²) in [4.78, 5) is 2.66. The lowest BCUT2D eigenvalue weighted by atomic mass is 9.78. The Morgan fingerprint density at radius 1 is 1.06 bits per heavy atom. The summed E-state index contributed by atoms with van der Waals surface area (Å²) in [6.07, 6.45) is 5.84. The number of hydrogen-bond donors (Lipinski definition) is 1. The summed E-state index contributed by atoms with van der Waals surface area (Å²) in [6, 6.07) is 8.64. The summed E-state index contributed by atoms with van der Waals surface area (Å²) in [5.41, 5.74) is 8.57. The highest BCUT2D eigenvalue weighted by atomic mass is 15.1. The number of piperidine rings is 1. The standard InChI is InChI=1S/C16H24N2/c17-9-15-6-1-2-7-16(15)12-18-10-13-4-3-5-14(8-13)11-18/h1-2,6-7,13-14H,3-5,8-12,17H2. The molecule has 1 aromatic carbocycles. The van der Waals surface area contributed by atoms with Gasteiger partial charge in [0.2, 0.25) is 0 Å². The molecular weight excluding hydrogens is 220 g/mol. The molecule has 2 atom stereocenters. The average molecular weight is 244 g/mol. The predicted molar refractivity (Wildman–Crippen MR) is 75.1 cm³/mol. The summed E-state index contributed by atoms with van der Waals surface area (Å²) in [6.45, 7) is 4.36. The first-order chi connectivity index (χ1) is 8.85. The Morgan fingerprint density at radius 3 is 2.39 bits per heavy atom. The molecule has 1 aliphatic carbocycles. The van der Waals surface area contributed by atoms with Crippen LogP contribution in [0.4, 0.5) is 0 Å². The molecule has 2 aliphatic rings. The van der Waals surface area contributed by atoms with Gasteiger partial charge in [-0.2, -0.15) is 0 Å². The van der Waals surface area contributed by atoms with E-state index < -0.39 is 0 Å². The molecule has 1 saturated heterocycles. The monoisotopic (exact) mass is 244 g/mol. The fraction of sp³-hybridized carbons (Fsp3) is 0.625. The van der Waals surface area contributed by atoms with Gasteiger partial charge in [-0.1, -0.05) is 30.7 Å². The molecule has 1 aromatic rings. The van der Waals surface area contributed by atoms with Gasteiger partial charge in [0, 0.05) is 26.2 Å². The van der Waals surface area contributed by atoms with Crippen LogP contribution in [-0.2, 0) is 13.1 Å². The van der Waals surface area contributed by atoms with Gasteiger partial charge < -0.3 is 5.73 Å². The molecule has 2 heteroatoms. The average Bonchev–Trinajstić information content (AvgIpc) is 2.39. The van der Waals surface area contributed by atoms with Gasteiger partial charge >= 0.3 is 0 Å². The number of likely N-dealkylation sites (tertiary alicyclic amines) is 1. The van der Waals surface area contributed by atoms with Crippen LogP contribution in [0.3, 0.4) is 0 Å². The first kappa shape index (κ1) is 12.2. The van der Waals surface area contributed by atoms with E-state index >= 15 is 0 Å². The van der Waals surface area contributed by atoms with E-state index in [1.54, 1.807) is 0 Å². The summed E-state index contributed by atoms with van der Waals surface area (Å²) in [5.74, 6) is 1.92. The van der Waals surface area contributed by atoms with Crippen molar-refractivity contribution in [1.82, 2.24) is 4.90 Å². The molecule has 2 nitrogen and oxygen atoms in total. The Hall–Kier alpha value is -0.860. The summed E-state index contributed by atoms with van der Waals surface area (Å²) in [7, 11) is 0. The second-order valence-electron chi connectivity index (χ2n) is 6.07. The van der Waals surface area contributed by atoms with Gasteiger partial charge in [-0.3, -0.25) is 4.90 Å². The van der Waals surface area contributed by atoms with Crippen molar-refractivity contribution in [2.45, 2.75) is 38.8 Å². The van der Waals surface area contributed by atoms with Crippen LogP contribution in [0.25, 0.3) is 0 Å². The van der Waals surface area contributed by atoms with Gasteiger partial charge in [0.1, 0.15) is 0 Å². The molecule has 2 fully saturated rings. The van der Waals surface area contributed by atoms with Crippen LogP contribution >= 0.6 is 0 Å². The molecule has 0 radical (unpaired) electrons. The Balaban J connectivity index is 1.69. The molecule has 2 unspecified atom stereocenters. The van der Waals surface area contributed by atoms with Crippen molar-refractivity contribution in [3.8, 4) is 0 Å². The van der Waals surface area contributed by atoms with Crippen molar-refractivity contribution < 1.29 is 0 Å². The van der Waals surface area contributed by atoms with E-state index in [-0.39, 0.29) is 0 Å². The zero-order chi connectivity index (χ0) is 12.4. The molecule has 3 rings (SSSR count). The van der Waals surface area contributed by atoms with E-state index in [0.29, 0.717) is 6.54 Å². The van der Waals surface area contributed by atoms with Crippen LogP contribution in [0.1, 0.15) is 36.8 Å². The van der Waals surface area contributed by atoms with Crippen LogP contribution in [0.2, 0.25) is 0 Å². The number of hydrogen-bond acceptors (Lipinski definition) is 2. The molecular formula is C16H24N2. The normalized spacial score (nSPS) is 28.3. The van der Waals surface area contributed by atoms with Crippen LogP contribution in [0.5, 0.6) is 0 Å². The maximum atomic E-state index is 5.83. The van der Waals surface area contributed by atoms with Gasteiger partial charge in [-0.15, -0.1) is 0 Å². The number of nitrogens with zero attached hydrogens (tertiary/aromatic N) is 1. The predicted octanol–water partition coefficient (Wildman–Crippen LogP) is 2.77. The molecule has 0 amide bonds. The summed E-state index contributed by atoms with van der Waals surface area (Å²) < 4.78 is 0. The smallest absolute Gasteiger partial charge is 0.0237 e. The van der Waals surface area contributed by atoms with Crippen LogP contribution in [-0.4, -0.2) is 18.0 Å². The van der Waals surface area contributed by atoms with Gasteiger partial charge in [-0.25, -0.2) is 0 Å². The Bertz CT molecular complexity index is 390. The SMILES string of the molecule is NCc1ccccc1CN1CC2CCCC(C2)C1. The minimum absolute atomic E-state index is 0.664. The molecule has 1 aliphatic heterocycles. The fourth-order valence-corrected chi connectivity index (χ4v) is 3.82. The lowest BCUT2D eigenvalue weighted by molar-refractivity contribution is 0.0806. The second-order valence-corrected chi connectivity index (χ2v) is 6.07. The number of rotatable bonds is 3. The lowest BCUT2D eigenvalue weighted by Gasteiger charge is -2.41. The van der Waals surface area contributed by atoms with E-state index in [1.165, 1.54) is 49.9 Å². The lowest BCUT2D eigenvalue weighted by Crippen LogP contribution is -2.42. The first-order valence-electron chi connectivity index (χ1n) is 7.34. The molecule has 98 valence electrons. The van der Waals surface area contributed by atoms with Crippen molar-refractivity contribution in [3.63, 3.8) is 0 Å². The first-order valence-corrected chi connectivity index (χ1v) is 7.34. The third-order valence-corrected chi connectivity index (χ3v) is 4.66. The van der Waals surface area contributed by atoms with Gasteiger partial charge in [0.15, 0.2) is 0 Å². The molecule has 18 heavy (non-hydrogen) atoms. The number of fused-ring (bicyclic) bond motifs is 2. The van der Waals surface area contributed by atoms with Crippen molar-refractivity contribution in [2.75, 3.05) is 13.1 Å². The quantitative estimate of drug-likeness (QED) is 0.886. The molecule has 2 N–H and O–H groups in total. The third-order valence-electron chi connectivity index (χ3n) is 4.66. The summed E-state index contributed by atoms with van der Waals surface area (Å²) in [5, 5.41) is 0. The van der Waals surface area contributed by atoms with Crippen molar-refractivity contribution >= 4 is 0 Å². The van der Waals surface area contributed by atoms with E-state index in [0.717, 1.165) is 18.4 Å². The zero-order valence-corrected chi connectivity index (χ0v) is 11.1. The number of benzene rings is 1. The maximum Gasteiger partial charge on any atom is 0.0237 e. The van der Waals surface area contributed by atoms with E-state index in [1.807, 2.05) is 0 Å².